The smallest absolute Gasteiger partial charge is 0.146 e. The average Bonchev–Trinajstić information content (AvgIpc) is 2.64. The fourth-order valence-corrected chi connectivity index (χ4v) is 2.79. The third-order valence-corrected chi connectivity index (χ3v) is 4.71. The standard InChI is InChI=1S/C22H29FN4/c1-14(2)11-19(23)17(5)26-22-12-21-18(13-25-22)7-8-20(27-21)16(4)15(3)9-10-24-6/h7-8,11-13,15-16,24H,1,5,9-10H2,2-4,6H3,(H,25,26)/b19-11+. The number of hydrogen-bond acceptors (Lipinski definition) is 4. The van der Waals surface area contributed by atoms with E-state index in [1.165, 1.54) is 6.08 Å². The van der Waals surface area contributed by atoms with Crippen molar-refractivity contribution in [3.63, 3.8) is 0 Å². The number of pyridine rings is 2. The molecule has 4 nitrogen and oxygen atoms in total. The summed E-state index contributed by atoms with van der Waals surface area (Å²) in [5, 5.41) is 7.04. The lowest BCUT2D eigenvalue weighted by molar-refractivity contribution is 0.439. The molecule has 2 rings (SSSR count). The number of nitrogens with zero attached hydrogens (tertiary/aromatic N) is 2. The number of halogens is 1. The maximum absolute atomic E-state index is 14.0. The number of allylic oxidation sites excluding steroid dienone is 3. The monoisotopic (exact) mass is 368 g/mol. The Labute approximate surface area is 161 Å². The van der Waals surface area contributed by atoms with E-state index < -0.39 is 5.83 Å². The van der Waals surface area contributed by atoms with Crippen LogP contribution >= 0.6 is 0 Å². The first-order chi connectivity index (χ1) is 12.8. The van der Waals surface area contributed by atoms with Gasteiger partial charge in [0.05, 0.1) is 11.2 Å². The molecule has 0 aliphatic heterocycles. The molecule has 0 spiro atoms. The van der Waals surface area contributed by atoms with Crippen LogP contribution in [0.4, 0.5) is 10.2 Å². The molecule has 0 aliphatic carbocycles. The van der Waals surface area contributed by atoms with E-state index in [9.17, 15) is 4.39 Å². The molecule has 0 bridgehead atoms. The van der Waals surface area contributed by atoms with Crippen molar-refractivity contribution in [1.29, 1.82) is 0 Å². The Kier molecular flexibility index (Phi) is 7.25. The first-order valence-electron chi connectivity index (χ1n) is 9.22. The van der Waals surface area contributed by atoms with Gasteiger partial charge >= 0.3 is 0 Å². The number of fused-ring (bicyclic) bond motifs is 1. The Morgan fingerprint density at radius 2 is 2.04 bits per heavy atom. The summed E-state index contributed by atoms with van der Waals surface area (Å²) < 4.78 is 14.0. The molecule has 27 heavy (non-hydrogen) atoms. The molecule has 0 aliphatic rings. The summed E-state index contributed by atoms with van der Waals surface area (Å²) in [5.41, 5.74) is 2.65. The van der Waals surface area contributed by atoms with Gasteiger partial charge in [-0.05, 0) is 51.1 Å². The largest absolute Gasteiger partial charge is 0.338 e. The van der Waals surface area contributed by atoms with Crippen LogP contribution < -0.4 is 10.6 Å². The first-order valence-corrected chi connectivity index (χ1v) is 9.22. The van der Waals surface area contributed by atoms with Gasteiger partial charge < -0.3 is 10.6 Å². The molecule has 5 heteroatoms. The topological polar surface area (TPSA) is 49.8 Å². The zero-order valence-corrected chi connectivity index (χ0v) is 16.6. The third kappa shape index (κ3) is 5.73. The van der Waals surface area contributed by atoms with Gasteiger partial charge in [-0.15, -0.1) is 0 Å². The van der Waals surface area contributed by atoms with E-state index in [1.807, 2.05) is 19.2 Å². The van der Waals surface area contributed by atoms with E-state index in [-0.39, 0.29) is 5.70 Å². The van der Waals surface area contributed by atoms with Crippen molar-refractivity contribution >= 4 is 16.7 Å². The van der Waals surface area contributed by atoms with E-state index in [2.05, 4.69) is 48.7 Å². The second kappa shape index (κ2) is 9.42. The van der Waals surface area contributed by atoms with Crippen LogP contribution in [0, 0.1) is 5.92 Å². The van der Waals surface area contributed by atoms with Gasteiger partial charge in [0.25, 0.3) is 0 Å². The lowest BCUT2D eigenvalue weighted by Crippen LogP contribution is -2.16. The predicted molar refractivity (Wildman–Crippen MR) is 112 cm³/mol. The van der Waals surface area contributed by atoms with Crippen LogP contribution in [-0.2, 0) is 0 Å². The molecule has 2 unspecified atom stereocenters. The Morgan fingerprint density at radius 1 is 1.30 bits per heavy atom. The minimum Gasteiger partial charge on any atom is -0.338 e. The Balaban J connectivity index is 2.22. The van der Waals surface area contributed by atoms with Crippen LogP contribution in [0.5, 0.6) is 0 Å². The van der Waals surface area contributed by atoms with Crippen LogP contribution in [-0.4, -0.2) is 23.6 Å². The molecule has 0 fully saturated rings. The highest BCUT2D eigenvalue weighted by Gasteiger charge is 2.16. The van der Waals surface area contributed by atoms with Gasteiger partial charge in [0, 0.05) is 29.3 Å². The van der Waals surface area contributed by atoms with Crippen LogP contribution in [0.3, 0.4) is 0 Å². The van der Waals surface area contributed by atoms with Gasteiger partial charge in [0.1, 0.15) is 11.6 Å². The predicted octanol–water partition coefficient (Wildman–Crippen LogP) is 5.33. The van der Waals surface area contributed by atoms with Gasteiger partial charge in [-0.25, -0.2) is 9.37 Å². The van der Waals surface area contributed by atoms with Crippen LogP contribution in [0.2, 0.25) is 0 Å². The molecule has 0 radical (unpaired) electrons. The Bertz CT molecular complexity index is 857. The summed E-state index contributed by atoms with van der Waals surface area (Å²) in [6.45, 7) is 14.6. The minimum absolute atomic E-state index is 0.148. The number of aromatic nitrogens is 2. The molecule has 2 heterocycles. The number of nitrogens with one attached hydrogen (secondary N) is 2. The quantitative estimate of drug-likeness (QED) is 0.587. The molecule has 2 aromatic heterocycles. The average molecular weight is 369 g/mol. The van der Waals surface area contributed by atoms with Crippen molar-refractivity contribution in [2.75, 3.05) is 18.9 Å². The second-order valence-corrected chi connectivity index (χ2v) is 7.10. The first kappa shape index (κ1) is 20.8. The van der Waals surface area contributed by atoms with E-state index in [0.29, 0.717) is 23.2 Å². The molecular formula is C22H29FN4. The highest BCUT2D eigenvalue weighted by molar-refractivity contribution is 5.80. The highest BCUT2D eigenvalue weighted by atomic mass is 19.1. The number of rotatable bonds is 9. The summed E-state index contributed by atoms with van der Waals surface area (Å²) in [5.74, 6) is 0.914. The number of anilines is 1. The van der Waals surface area contributed by atoms with Crippen molar-refractivity contribution in [2.45, 2.75) is 33.1 Å². The molecule has 0 saturated carbocycles. The fourth-order valence-electron chi connectivity index (χ4n) is 2.79. The zero-order valence-electron chi connectivity index (χ0n) is 16.6. The normalized spacial score (nSPS) is 14.0. The summed E-state index contributed by atoms with van der Waals surface area (Å²) >= 11 is 0. The molecule has 2 aromatic rings. The van der Waals surface area contributed by atoms with Crippen molar-refractivity contribution in [1.82, 2.24) is 15.3 Å². The van der Waals surface area contributed by atoms with Gasteiger partial charge in [0.15, 0.2) is 0 Å². The SMILES string of the molecule is C=C(C)/C=C(/F)C(=C)Nc1cc2nc(C(C)C(C)CCNC)ccc2cn1. The molecule has 2 atom stereocenters. The lowest BCUT2D eigenvalue weighted by Gasteiger charge is -2.19. The molecule has 0 aromatic carbocycles. The second-order valence-electron chi connectivity index (χ2n) is 7.10. The van der Waals surface area contributed by atoms with Gasteiger partial charge in [0.2, 0.25) is 0 Å². The Morgan fingerprint density at radius 3 is 2.70 bits per heavy atom. The maximum atomic E-state index is 14.0. The maximum Gasteiger partial charge on any atom is 0.146 e. The van der Waals surface area contributed by atoms with E-state index in [4.69, 9.17) is 4.98 Å². The van der Waals surface area contributed by atoms with Crippen LogP contribution in [0.15, 0.2) is 60.7 Å². The van der Waals surface area contributed by atoms with Gasteiger partial charge in [-0.1, -0.05) is 32.6 Å². The van der Waals surface area contributed by atoms with E-state index in [0.717, 1.165) is 29.6 Å². The molecular weight excluding hydrogens is 339 g/mol. The Hall–Kier alpha value is -2.53. The van der Waals surface area contributed by atoms with Crippen molar-refractivity contribution in [2.24, 2.45) is 5.92 Å². The fraction of sp³-hybridized carbons (Fsp3) is 0.364. The summed E-state index contributed by atoms with van der Waals surface area (Å²) in [6, 6.07) is 5.92. The summed E-state index contributed by atoms with van der Waals surface area (Å²) in [7, 11) is 1.97. The van der Waals surface area contributed by atoms with Crippen LogP contribution in [0.1, 0.15) is 38.8 Å². The molecule has 0 saturated heterocycles. The van der Waals surface area contributed by atoms with E-state index in [1.54, 1.807) is 13.1 Å². The lowest BCUT2D eigenvalue weighted by atomic mass is 9.89. The van der Waals surface area contributed by atoms with Crippen molar-refractivity contribution in [3.8, 4) is 0 Å². The van der Waals surface area contributed by atoms with Gasteiger partial charge in [-0.3, -0.25) is 4.98 Å². The highest BCUT2D eigenvalue weighted by Crippen LogP contribution is 2.27. The third-order valence-electron chi connectivity index (χ3n) is 4.71. The van der Waals surface area contributed by atoms with Crippen molar-refractivity contribution in [3.05, 3.63) is 66.4 Å². The minimum atomic E-state index is -0.460. The summed E-state index contributed by atoms with van der Waals surface area (Å²) in [4.78, 5) is 9.13. The van der Waals surface area contributed by atoms with Gasteiger partial charge in [-0.2, -0.15) is 0 Å². The molecule has 0 amide bonds. The molecule has 144 valence electrons. The zero-order chi connectivity index (χ0) is 20.0. The summed E-state index contributed by atoms with van der Waals surface area (Å²) in [6.07, 6.45) is 4.16. The number of hydrogen-bond donors (Lipinski definition) is 2. The van der Waals surface area contributed by atoms with Crippen molar-refractivity contribution < 1.29 is 4.39 Å². The van der Waals surface area contributed by atoms with Crippen LogP contribution in [0.25, 0.3) is 10.9 Å². The van der Waals surface area contributed by atoms with E-state index >= 15 is 0 Å². The molecule has 2 N–H and O–H groups in total.